The molecule has 1 aliphatic heterocycles. The highest BCUT2D eigenvalue weighted by molar-refractivity contribution is 5.85. The van der Waals surface area contributed by atoms with Crippen LogP contribution in [0.5, 0.6) is 5.75 Å². The molecule has 1 N–H and O–H groups in total. The fourth-order valence-electron chi connectivity index (χ4n) is 3.38. The van der Waals surface area contributed by atoms with Crippen LogP contribution in [0.4, 0.5) is 0 Å². The third-order valence-corrected chi connectivity index (χ3v) is 4.81. The van der Waals surface area contributed by atoms with Gasteiger partial charge in [0.05, 0.1) is 7.11 Å². The second-order valence-electron chi connectivity index (χ2n) is 6.48. The van der Waals surface area contributed by atoms with Crippen molar-refractivity contribution < 1.29 is 9.53 Å². The SMILES string of the molecule is CCN(C(=O)CCC1CCNC1)C(C)Cc1ccc(OC)cc1.Cl. The van der Waals surface area contributed by atoms with E-state index in [1.807, 2.05) is 17.0 Å². The van der Waals surface area contributed by atoms with E-state index in [0.717, 1.165) is 38.2 Å². The summed E-state index contributed by atoms with van der Waals surface area (Å²) >= 11 is 0. The zero-order valence-electron chi connectivity index (χ0n) is 15.1. The number of likely N-dealkylation sites (N-methyl/N-ethyl adjacent to an activating group) is 1. The maximum absolute atomic E-state index is 12.5. The van der Waals surface area contributed by atoms with Crippen LogP contribution in [0.1, 0.15) is 38.7 Å². The summed E-state index contributed by atoms with van der Waals surface area (Å²) in [6.07, 6.45) is 3.78. The number of nitrogens with zero attached hydrogens (tertiary/aromatic N) is 1. The Bertz CT molecular complexity index is 487. The van der Waals surface area contributed by atoms with Crippen molar-refractivity contribution in [3.8, 4) is 5.75 Å². The monoisotopic (exact) mass is 354 g/mol. The Balaban J connectivity index is 0.00000288. The normalized spacial score (nSPS) is 17.9. The molecule has 5 heteroatoms. The summed E-state index contributed by atoms with van der Waals surface area (Å²) in [6.45, 7) is 7.16. The maximum atomic E-state index is 12.5. The quantitative estimate of drug-likeness (QED) is 0.778. The van der Waals surface area contributed by atoms with Crippen LogP contribution in [0.15, 0.2) is 24.3 Å². The van der Waals surface area contributed by atoms with Crippen LogP contribution >= 0.6 is 12.4 Å². The zero-order valence-corrected chi connectivity index (χ0v) is 15.9. The van der Waals surface area contributed by atoms with Crippen molar-refractivity contribution >= 4 is 18.3 Å². The second kappa shape index (κ2) is 10.6. The predicted molar refractivity (Wildman–Crippen MR) is 101 cm³/mol. The minimum Gasteiger partial charge on any atom is -0.497 e. The van der Waals surface area contributed by atoms with Gasteiger partial charge in [0.15, 0.2) is 0 Å². The van der Waals surface area contributed by atoms with Crippen molar-refractivity contribution in [2.24, 2.45) is 5.92 Å². The fraction of sp³-hybridized carbons (Fsp3) is 0.632. The van der Waals surface area contributed by atoms with Crippen molar-refractivity contribution in [1.82, 2.24) is 10.2 Å². The van der Waals surface area contributed by atoms with E-state index in [4.69, 9.17) is 4.74 Å². The first kappa shape index (κ1) is 20.8. The van der Waals surface area contributed by atoms with E-state index in [0.29, 0.717) is 18.2 Å². The molecule has 4 nitrogen and oxygen atoms in total. The van der Waals surface area contributed by atoms with Crippen LogP contribution in [0.3, 0.4) is 0 Å². The van der Waals surface area contributed by atoms with E-state index in [2.05, 4.69) is 31.3 Å². The number of nitrogens with one attached hydrogen (secondary N) is 1. The van der Waals surface area contributed by atoms with Crippen LogP contribution in [0, 0.1) is 5.92 Å². The Morgan fingerprint density at radius 3 is 2.62 bits per heavy atom. The van der Waals surface area contributed by atoms with E-state index in [1.54, 1.807) is 7.11 Å². The Labute approximate surface area is 152 Å². The molecule has 0 bridgehead atoms. The molecule has 0 radical (unpaired) electrons. The van der Waals surface area contributed by atoms with Crippen molar-refractivity contribution in [3.05, 3.63) is 29.8 Å². The number of halogens is 1. The van der Waals surface area contributed by atoms with Gasteiger partial charge in [0.1, 0.15) is 5.75 Å². The first-order valence-corrected chi connectivity index (χ1v) is 8.77. The number of ether oxygens (including phenoxy) is 1. The Kier molecular flexibility index (Phi) is 9.16. The molecular weight excluding hydrogens is 324 g/mol. The maximum Gasteiger partial charge on any atom is 0.222 e. The highest BCUT2D eigenvalue weighted by Crippen LogP contribution is 2.18. The highest BCUT2D eigenvalue weighted by Gasteiger charge is 2.21. The molecule has 0 spiro atoms. The number of methoxy groups -OCH3 is 1. The standard InChI is InChI=1S/C19H30N2O2.ClH/c1-4-21(19(22)10-7-17-11-12-20-14-17)15(2)13-16-5-8-18(23-3)9-6-16;/h5-6,8-9,15,17,20H,4,7,10-14H2,1-3H3;1H. The second-order valence-corrected chi connectivity index (χ2v) is 6.48. The molecule has 136 valence electrons. The van der Waals surface area contributed by atoms with E-state index in [1.165, 1.54) is 12.0 Å². The van der Waals surface area contributed by atoms with Gasteiger partial charge in [-0.1, -0.05) is 12.1 Å². The zero-order chi connectivity index (χ0) is 16.7. The third-order valence-electron chi connectivity index (χ3n) is 4.81. The summed E-state index contributed by atoms with van der Waals surface area (Å²) < 4.78 is 5.19. The number of carbonyl (C=O) groups excluding carboxylic acids is 1. The van der Waals surface area contributed by atoms with E-state index >= 15 is 0 Å². The minimum atomic E-state index is 0. The Hall–Kier alpha value is -1.26. The molecule has 2 atom stereocenters. The van der Waals surface area contributed by atoms with Gasteiger partial charge in [-0.05, 0) is 69.8 Å². The summed E-state index contributed by atoms with van der Waals surface area (Å²) in [5, 5.41) is 3.37. The Morgan fingerprint density at radius 1 is 1.38 bits per heavy atom. The van der Waals surface area contributed by atoms with Crippen molar-refractivity contribution in [1.29, 1.82) is 0 Å². The molecule has 2 rings (SSSR count). The summed E-state index contributed by atoms with van der Waals surface area (Å²) in [5.74, 6) is 1.84. The lowest BCUT2D eigenvalue weighted by molar-refractivity contribution is -0.133. The molecule has 1 amide bonds. The molecule has 1 heterocycles. The van der Waals surface area contributed by atoms with Gasteiger partial charge in [-0.25, -0.2) is 0 Å². The molecule has 0 aliphatic carbocycles. The topological polar surface area (TPSA) is 41.6 Å². The van der Waals surface area contributed by atoms with Gasteiger partial charge in [-0.3, -0.25) is 4.79 Å². The van der Waals surface area contributed by atoms with Crippen LogP contribution in [-0.4, -0.2) is 43.6 Å². The van der Waals surface area contributed by atoms with Gasteiger partial charge in [0, 0.05) is 19.0 Å². The number of benzene rings is 1. The summed E-state index contributed by atoms with van der Waals surface area (Å²) in [7, 11) is 1.68. The largest absolute Gasteiger partial charge is 0.497 e. The van der Waals surface area contributed by atoms with Gasteiger partial charge < -0.3 is 15.0 Å². The summed E-state index contributed by atoms with van der Waals surface area (Å²) in [4.78, 5) is 14.6. The molecule has 0 aromatic heterocycles. The summed E-state index contributed by atoms with van der Waals surface area (Å²) in [6, 6.07) is 8.35. The number of rotatable bonds is 8. The lowest BCUT2D eigenvalue weighted by atomic mass is 10.0. The lowest BCUT2D eigenvalue weighted by Crippen LogP contribution is -2.39. The molecule has 1 aromatic carbocycles. The van der Waals surface area contributed by atoms with Gasteiger partial charge in [-0.15, -0.1) is 12.4 Å². The molecule has 2 unspecified atom stereocenters. The van der Waals surface area contributed by atoms with Crippen molar-refractivity contribution in [2.75, 3.05) is 26.7 Å². The van der Waals surface area contributed by atoms with E-state index in [-0.39, 0.29) is 18.4 Å². The smallest absolute Gasteiger partial charge is 0.222 e. The van der Waals surface area contributed by atoms with Gasteiger partial charge >= 0.3 is 0 Å². The van der Waals surface area contributed by atoms with E-state index < -0.39 is 0 Å². The number of hydrogen-bond acceptors (Lipinski definition) is 3. The molecule has 1 aliphatic rings. The summed E-state index contributed by atoms with van der Waals surface area (Å²) in [5.41, 5.74) is 1.24. The molecule has 0 saturated carbocycles. The lowest BCUT2D eigenvalue weighted by Gasteiger charge is -2.29. The van der Waals surface area contributed by atoms with Crippen LogP contribution in [0.25, 0.3) is 0 Å². The van der Waals surface area contributed by atoms with E-state index in [9.17, 15) is 4.79 Å². The first-order chi connectivity index (χ1) is 11.1. The van der Waals surface area contributed by atoms with Crippen molar-refractivity contribution in [2.45, 2.75) is 45.6 Å². The molecule has 24 heavy (non-hydrogen) atoms. The third kappa shape index (κ3) is 5.99. The fourth-order valence-corrected chi connectivity index (χ4v) is 3.38. The van der Waals surface area contributed by atoms with Crippen LogP contribution < -0.4 is 10.1 Å². The number of hydrogen-bond donors (Lipinski definition) is 1. The molecule has 1 aromatic rings. The molecule has 1 saturated heterocycles. The first-order valence-electron chi connectivity index (χ1n) is 8.77. The van der Waals surface area contributed by atoms with Gasteiger partial charge in [0.25, 0.3) is 0 Å². The van der Waals surface area contributed by atoms with Crippen molar-refractivity contribution in [3.63, 3.8) is 0 Å². The Morgan fingerprint density at radius 2 is 2.08 bits per heavy atom. The van der Waals surface area contributed by atoms with Crippen LogP contribution in [-0.2, 0) is 11.2 Å². The number of amides is 1. The number of carbonyl (C=O) groups is 1. The average molecular weight is 355 g/mol. The molecule has 1 fully saturated rings. The van der Waals surface area contributed by atoms with Gasteiger partial charge in [0.2, 0.25) is 5.91 Å². The van der Waals surface area contributed by atoms with Gasteiger partial charge in [-0.2, -0.15) is 0 Å². The predicted octanol–water partition coefficient (Wildman–Crippen LogP) is 3.29. The highest BCUT2D eigenvalue weighted by atomic mass is 35.5. The average Bonchev–Trinajstić information content (AvgIpc) is 3.08. The molecular formula is C19H31ClN2O2. The van der Waals surface area contributed by atoms with Crippen LogP contribution in [0.2, 0.25) is 0 Å². The minimum absolute atomic E-state index is 0.